The first-order valence-electron chi connectivity index (χ1n) is 1.96. The summed E-state index contributed by atoms with van der Waals surface area (Å²) in [6.45, 7) is 0. The summed E-state index contributed by atoms with van der Waals surface area (Å²) in [6, 6.07) is 0. The Balaban J connectivity index is 2.88. The van der Waals surface area contributed by atoms with E-state index in [9.17, 15) is 9.59 Å². The van der Waals surface area contributed by atoms with Crippen LogP contribution < -0.4 is 5.32 Å². The molecule has 1 rings (SSSR count). The summed E-state index contributed by atoms with van der Waals surface area (Å²) in [4.78, 5) is 20.6. The van der Waals surface area contributed by atoms with Gasteiger partial charge in [0.1, 0.15) is 0 Å². The third kappa shape index (κ3) is 0.804. The molecule has 0 fully saturated rings. The monoisotopic (exact) mass is 177 g/mol. The van der Waals surface area contributed by atoms with E-state index < -0.39 is 0 Å². The van der Waals surface area contributed by atoms with E-state index in [1.54, 1.807) is 0 Å². The molecule has 0 saturated carbocycles. The van der Waals surface area contributed by atoms with Gasteiger partial charge in [-0.1, -0.05) is 0 Å². The summed E-state index contributed by atoms with van der Waals surface area (Å²) in [5.41, 5.74) is 0. The van der Waals surface area contributed by atoms with Gasteiger partial charge < -0.3 is 0 Å². The number of rotatable bonds is 0. The molecule has 1 heterocycles. The minimum atomic E-state index is -0.328. The second-order valence-electron chi connectivity index (χ2n) is 1.35. The van der Waals surface area contributed by atoms with Gasteiger partial charge in [-0.25, -0.2) is 0 Å². The van der Waals surface area contributed by atoms with Gasteiger partial charge in [0.25, 0.3) is 0 Å². The molecular weight excluding hydrogens is 173 g/mol. The topological polar surface area (TPSA) is 46.2 Å². The van der Waals surface area contributed by atoms with Crippen LogP contribution in [0.15, 0.2) is 10.5 Å². The first-order valence-corrected chi connectivity index (χ1v) is 2.90. The molecule has 0 aromatic heterocycles. The number of carbonyl (C=O) groups is 2. The molecule has 0 aromatic carbocycles. The van der Waals surface area contributed by atoms with Gasteiger partial charge in [-0.05, 0) is 0 Å². The van der Waals surface area contributed by atoms with Crippen LogP contribution in [0.3, 0.4) is 0 Å². The van der Waals surface area contributed by atoms with Gasteiger partial charge in [-0.3, -0.25) is 0 Å². The first kappa shape index (κ1) is 5.53. The van der Waals surface area contributed by atoms with Gasteiger partial charge in [-0.2, -0.15) is 0 Å². The van der Waals surface area contributed by atoms with Crippen LogP contribution in [0.4, 0.5) is 0 Å². The molecule has 0 aliphatic carbocycles. The average molecular weight is 176 g/mol. The molecular formula is C4H3NO2Se. The van der Waals surface area contributed by atoms with Crippen LogP contribution in [0.2, 0.25) is 0 Å². The van der Waals surface area contributed by atoms with Crippen LogP contribution in [-0.2, 0) is 9.59 Å². The quantitative estimate of drug-likeness (QED) is 0.358. The molecule has 4 heteroatoms. The van der Waals surface area contributed by atoms with E-state index in [0.29, 0.717) is 4.47 Å². The van der Waals surface area contributed by atoms with Crippen molar-refractivity contribution in [3.63, 3.8) is 0 Å². The molecule has 0 saturated heterocycles. The predicted octanol–water partition coefficient (Wildman–Crippen LogP) is -1.57. The van der Waals surface area contributed by atoms with E-state index in [0.717, 1.165) is 0 Å². The molecule has 0 spiro atoms. The maximum absolute atomic E-state index is 10.4. The fraction of sp³-hybridized carbons (Fsp3) is 0. The van der Waals surface area contributed by atoms with Crippen molar-refractivity contribution >= 4 is 27.8 Å². The van der Waals surface area contributed by atoms with Crippen molar-refractivity contribution < 1.29 is 9.59 Å². The summed E-state index contributed by atoms with van der Waals surface area (Å²) in [6.07, 6.45) is 1.25. The number of hydrogen-bond acceptors (Lipinski definition) is 2. The fourth-order valence-electron chi connectivity index (χ4n) is 0.402. The molecule has 1 aliphatic heterocycles. The Kier molecular flexibility index (Phi) is 1.19. The summed E-state index contributed by atoms with van der Waals surface area (Å²) in [5.74, 6) is -0.638. The Hall–Kier alpha value is -0.601. The van der Waals surface area contributed by atoms with Crippen LogP contribution in [0.5, 0.6) is 0 Å². The Morgan fingerprint density at radius 1 is 1.50 bits per heavy atom. The number of imide groups is 1. The van der Waals surface area contributed by atoms with Crippen LogP contribution in [0.25, 0.3) is 0 Å². The Morgan fingerprint density at radius 2 is 2.12 bits per heavy atom. The summed E-state index contributed by atoms with van der Waals surface area (Å²) in [5, 5.41) is 2.08. The molecule has 3 nitrogen and oxygen atoms in total. The standard InChI is InChI=1S/C4H3NO2Se/c6-3-1-2(8)4(7)5-3/h1H,(H2,5,6,7,8). The zero-order valence-corrected chi connectivity index (χ0v) is 5.72. The zero-order chi connectivity index (χ0) is 6.15. The Labute approximate surface area is 53.9 Å². The third-order valence-corrected chi connectivity index (χ3v) is 1.43. The molecule has 42 valence electrons. The van der Waals surface area contributed by atoms with Crippen LogP contribution in [-0.4, -0.2) is 27.8 Å². The normalized spacial score (nSPS) is 18.4. The van der Waals surface area contributed by atoms with Gasteiger partial charge >= 0.3 is 53.3 Å². The second-order valence-corrected chi connectivity index (χ2v) is 2.36. The number of carbonyl (C=O) groups excluding carboxylic acids is 2. The van der Waals surface area contributed by atoms with Gasteiger partial charge in [0.15, 0.2) is 0 Å². The van der Waals surface area contributed by atoms with E-state index in [4.69, 9.17) is 0 Å². The van der Waals surface area contributed by atoms with Crippen molar-refractivity contribution in [2.24, 2.45) is 0 Å². The molecule has 0 radical (unpaired) electrons. The summed E-state index contributed by atoms with van der Waals surface area (Å²) >= 11 is 2.02. The van der Waals surface area contributed by atoms with Crippen molar-refractivity contribution in [1.29, 1.82) is 0 Å². The average Bonchev–Trinajstić information content (AvgIpc) is 1.85. The molecule has 1 N–H and O–H groups in total. The Morgan fingerprint density at radius 3 is 2.25 bits per heavy atom. The van der Waals surface area contributed by atoms with Gasteiger partial charge in [0.05, 0.1) is 0 Å². The molecule has 8 heavy (non-hydrogen) atoms. The fourth-order valence-corrected chi connectivity index (χ4v) is 0.765. The molecule has 1 aliphatic rings. The summed E-state index contributed by atoms with van der Waals surface area (Å²) < 4.78 is 0.419. The first-order chi connectivity index (χ1) is 3.70. The van der Waals surface area contributed by atoms with Gasteiger partial charge in [0.2, 0.25) is 0 Å². The van der Waals surface area contributed by atoms with Crippen molar-refractivity contribution in [2.45, 2.75) is 0 Å². The predicted molar refractivity (Wildman–Crippen MR) is 28.4 cm³/mol. The number of amides is 2. The van der Waals surface area contributed by atoms with Crippen LogP contribution in [0, 0.1) is 0 Å². The van der Waals surface area contributed by atoms with Gasteiger partial charge in [-0.15, -0.1) is 0 Å². The van der Waals surface area contributed by atoms with E-state index in [1.165, 1.54) is 6.08 Å². The minimum absolute atomic E-state index is 0.310. The molecule has 0 unspecified atom stereocenters. The van der Waals surface area contributed by atoms with E-state index >= 15 is 0 Å². The summed E-state index contributed by atoms with van der Waals surface area (Å²) in [7, 11) is 0. The van der Waals surface area contributed by atoms with Crippen molar-refractivity contribution in [2.75, 3.05) is 0 Å². The third-order valence-electron chi connectivity index (χ3n) is 0.737. The number of nitrogens with one attached hydrogen (secondary N) is 1. The SMILES string of the molecule is O=C1C=C([SeH])C(=O)N1. The van der Waals surface area contributed by atoms with Crippen molar-refractivity contribution in [3.05, 3.63) is 10.5 Å². The van der Waals surface area contributed by atoms with Crippen molar-refractivity contribution in [3.8, 4) is 0 Å². The molecule has 0 atom stereocenters. The Bertz CT molecular complexity index is 184. The van der Waals surface area contributed by atoms with Gasteiger partial charge in [0, 0.05) is 0 Å². The maximum atomic E-state index is 10.4. The molecule has 0 aromatic rings. The van der Waals surface area contributed by atoms with Crippen molar-refractivity contribution in [1.82, 2.24) is 5.32 Å². The van der Waals surface area contributed by atoms with E-state index in [-0.39, 0.29) is 11.8 Å². The zero-order valence-electron chi connectivity index (χ0n) is 3.84. The van der Waals surface area contributed by atoms with E-state index in [2.05, 4.69) is 5.32 Å². The molecule has 0 bridgehead atoms. The second kappa shape index (κ2) is 1.73. The van der Waals surface area contributed by atoms with Crippen LogP contribution >= 0.6 is 0 Å². The number of hydrogen-bond donors (Lipinski definition) is 1. The van der Waals surface area contributed by atoms with Crippen LogP contribution in [0.1, 0.15) is 0 Å². The van der Waals surface area contributed by atoms with E-state index in [1.807, 2.05) is 16.0 Å². The molecule has 2 amide bonds.